The van der Waals surface area contributed by atoms with Crippen LogP contribution >= 0.6 is 15.9 Å². The van der Waals surface area contributed by atoms with Gasteiger partial charge in [-0.15, -0.1) is 0 Å². The lowest BCUT2D eigenvalue weighted by atomic mass is 10.1. The molecule has 132 valence electrons. The first-order valence-electron chi connectivity index (χ1n) is 7.48. The molecule has 25 heavy (non-hydrogen) atoms. The summed E-state index contributed by atoms with van der Waals surface area (Å²) in [5.74, 6) is 0.669. The monoisotopic (exact) mass is 406 g/mol. The minimum atomic E-state index is -0.647. The highest BCUT2D eigenvalue weighted by Crippen LogP contribution is 2.26. The van der Waals surface area contributed by atoms with Crippen molar-refractivity contribution in [1.82, 2.24) is 0 Å². The first-order chi connectivity index (χ1) is 11.9. The predicted octanol–water partition coefficient (Wildman–Crippen LogP) is 3.32. The number of amidine groups is 1. The van der Waals surface area contributed by atoms with Gasteiger partial charge in [-0.1, -0.05) is 33.2 Å². The molecule has 2 N–H and O–H groups in total. The van der Waals surface area contributed by atoms with Crippen LogP contribution in [0, 0.1) is 13.8 Å². The van der Waals surface area contributed by atoms with E-state index in [0.29, 0.717) is 17.1 Å². The van der Waals surface area contributed by atoms with E-state index in [1.807, 2.05) is 26.0 Å². The molecule has 0 radical (unpaired) electrons. The molecular formula is C18H19BrN2O4. The summed E-state index contributed by atoms with van der Waals surface area (Å²) in [6.07, 6.45) is 0. The summed E-state index contributed by atoms with van der Waals surface area (Å²) < 4.78 is 11.6. The maximum Gasteiger partial charge on any atom is 0.372 e. The minimum absolute atomic E-state index is 0.0721. The lowest BCUT2D eigenvalue weighted by Crippen LogP contribution is -2.18. The molecule has 2 rings (SSSR count). The molecule has 0 spiro atoms. The fraction of sp³-hybridized carbons (Fsp3) is 0.222. The number of nitrogens with two attached hydrogens (primary N) is 1. The number of halogens is 1. The second kappa shape index (κ2) is 8.53. The number of aryl methyl sites for hydroxylation is 2. The number of rotatable bonds is 6. The Morgan fingerprint density at radius 1 is 1.20 bits per heavy atom. The van der Waals surface area contributed by atoms with E-state index in [2.05, 4.69) is 21.1 Å². The number of benzene rings is 2. The van der Waals surface area contributed by atoms with Crippen molar-refractivity contribution in [2.75, 3.05) is 13.7 Å². The van der Waals surface area contributed by atoms with Crippen LogP contribution in [0.1, 0.15) is 16.7 Å². The van der Waals surface area contributed by atoms with Crippen molar-refractivity contribution >= 4 is 27.7 Å². The van der Waals surface area contributed by atoms with Crippen LogP contribution in [0.2, 0.25) is 0 Å². The van der Waals surface area contributed by atoms with Crippen LogP contribution in [0.5, 0.6) is 11.5 Å². The second-order valence-corrected chi connectivity index (χ2v) is 6.18. The molecule has 0 aliphatic heterocycles. The van der Waals surface area contributed by atoms with Gasteiger partial charge in [0.25, 0.3) is 0 Å². The SMILES string of the molecule is COc1cccc(/C(N)=N/OC(=O)COc2cc(C)c(Br)cc2C)c1. The number of hydrogen-bond acceptors (Lipinski definition) is 5. The topological polar surface area (TPSA) is 83.1 Å². The smallest absolute Gasteiger partial charge is 0.372 e. The van der Waals surface area contributed by atoms with Gasteiger partial charge in [0.15, 0.2) is 12.4 Å². The van der Waals surface area contributed by atoms with Crippen LogP contribution in [-0.2, 0) is 9.63 Å². The lowest BCUT2D eigenvalue weighted by Gasteiger charge is -2.10. The number of ether oxygens (including phenoxy) is 2. The van der Waals surface area contributed by atoms with Gasteiger partial charge in [-0.05, 0) is 49.2 Å². The predicted molar refractivity (Wildman–Crippen MR) is 98.9 cm³/mol. The van der Waals surface area contributed by atoms with E-state index in [1.165, 1.54) is 0 Å². The Morgan fingerprint density at radius 2 is 1.96 bits per heavy atom. The molecule has 0 atom stereocenters. The zero-order valence-electron chi connectivity index (χ0n) is 14.2. The van der Waals surface area contributed by atoms with E-state index in [0.717, 1.165) is 15.6 Å². The third kappa shape index (κ3) is 5.22. The van der Waals surface area contributed by atoms with Gasteiger partial charge in [-0.2, -0.15) is 0 Å². The molecule has 0 bridgehead atoms. The molecule has 6 nitrogen and oxygen atoms in total. The molecular weight excluding hydrogens is 388 g/mol. The Labute approximate surface area is 154 Å². The molecule has 0 fully saturated rings. The third-order valence-corrected chi connectivity index (χ3v) is 4.27. The number of nitrogens with zero attached hydrogens (tertiary/aromatic N) is 1. The molecule has 0 saturated carbocycles. The van der Waals surface area contributed by atoms with Crippen molar-refractivity contribution in [1.29, 1.82) is 0 Å². The number of oxime groups is 1. The Morgan fingerprint density at radius 3 is 2.68 bits per heavy atom. The van der Waals surface area contributed by atoms with Crippen LogP contribution in [0.3, 0.4) is 0 Å². The van der Waals surface area contributed by atoms with Crippen molar-refractivity contribution < 1.29 is 19.1 Å². The van der Waals surface area contributed by atoms with Crippen molar-refractivity contribution in [2.24, 2.45) is 10.9 Å². The van der Waals surface area contributed by atoms with Crippen molar-refractivity contribution in [2.45, 2.75) is 13.8 Å². The number of carbonyl (C=O) groups excluding carboxylic acids is 1. The standard InChI is InChI=1S/C18H19BrN2O4/c1-11-8-16(12(2)7-15(11)19)24-10-17(22)25-21-18(20)13-5-4-6-14(9-13)23-3/h4-9H,10H2,1-3H3,(H2,20,21). The number of hydrogen-bond donors (Lipinski definition) is 1. The molecule has 0 aromatic heterocycles. The summed E-state index contributed by atoms with van der Waals surface area (Å²) in [5, 5.41) is 3.64. The zero-order valence-corrected chi connectivity index (χ0v) is 15.8. The van der Waals surface area contributed by atoms with Crippen LogP contribution in [0.15, 0.2) is 46.0 Å². The summed E-state index contributed by atoms with van der Waals surface area (Å²) in [6.45, 7) is 3.56. The molecule has 0 saturated heterocycles. The van der Waals surface area contributed by atoms with Gasteiger partial charge in [0.1, 0.15) is 11.5 Å². The van der Waals surface area contributed by atoms with E-state index in [9.17, 15) is 4.79 Å². The fourth-order valence-electron chi connectivity index (χ4n) is 2.01. The van der Waals surface area contributed by atoms with Gasteiger partial charge < -0.3 is 20.0 Å². The van der Waals surface area contributed by atoms with Crippen LogP contribution in [-0.4, -0.2) is 25.5 Å². The summed E-state index contributed by atoms with van der Waals surface area (Å²) in [4.78, 5) is 16.6. The van der Waals surface area contributed by atoms with Gasteiger partial charge in [0.2, 0.25) is 0 Å². The van der Waals surface area contributed by atoms with Gasteiger partial charge in [-0.3, -0.25) is 0 Å². The Hall–Kier alpha value is -2.54. The Bertz CT molecular complexity index is 806. The maximum atomic E-state index is 11.8. The van der Waals surface area contributed by atoms with E-state index >= 15 is 0 Å². The van der Waals surface area contributed by atoms with Gasteiger partial charge in [-0.25, -0.2) is 4.79 Å². The first-order valence-corrected chi connectivity index (χ1v) is 8.27. The molecule has 2 aromatic rings. The quantitative estimate of drug-likeness (QED) is 0.344. The van der Waals surface area contributed by atoms with Crippen molar-refractivity contribution in [3.63, 3.8) is 0 Å². The molecule has 0 unspecified atom stereocenters. The highest BCUT2D eigenvalue weighted by molar-refractivity contribution is 9.10. The summed E-state index contributed by atoms with van der Waals surface area (Å²) in [6, 6.07) is 10.7. The van der Waals surface area contributed by atoms with Crippen LogP contribution in [0.25, 0.3) is 0 Å². The lowest BCUT2D eigenvalue weighted by molar-refractivity contribution is -0.146. The van der Waals surface area contributed by atoms with Crippen molar-refractivity contribution in [3.8, 4) is 11.5 Å². The van der Waals surface area contributed by atoms with Gasteiger partial charge in [0.05, 0.1) is 7.11 Å². The molecule has 7 heteroatoms. The summed E-state index contributed by atoms with van der Waals surface area (Å²) >= 11 is 3.45. The number of methoxy groups -OCH3 is 1. The Balaban J connectivity index is 1.95. The molecule has 2 aromatic carbocycles. The third-order valence-electron chi connectivity index (χ3n) is 3.41. The van der Waals surface area contributed by atoms with E-state index < -0.39 is 5.97 Å². The highest BCUT2D eigenvalue weighted by atomic mass is 79.9. The van der Waals surface area contributed by atoms with Crippen molar-refractivity contribution in [3.05, 3.63) is 57.6 Å². The van der Waals surface area contributed by atoms with E-state index in [1.54, 1.807) is 31.4 Å². The Kier molecular flexibility index (Phi) is 6.41. The average Bonchev–Trinajstić information content (AvgIpc) is 2.61. The second-order valence-electron chi connectivity index (χ2n) is 5.33. The first kappa shape index (κ1) is 18.8. The molecule has 0 aliphatic rings. The van der Waals surface area contributed by atoms with Gasteiger partial charge >= 0.3 is 5.97 Å². The summed E-state index contributed by atoms with van der Waals surface area (Å²) in [7, 11) is 1.55. The number of carbonyl (C=O) groups is 1. The molecule has 0 amide bonds. The molecule has 0 aliphatic carbocycles. The normalized spacial score (nSPS) is 11.1. The molecule has 0 heterocycles. The van der Waals surface area contributed by atoms with Crippen LogP contribution < -0.4 is 15.2 Å². The van der Waals surface area contributed by atoms with E-state index in [-0.39, 0.29) is 12.4 Å². The summed E-state index contributed by atoms with van der Waals surface area (Å²) in [5.41, 5.74) is 8.31. The maximum absolute atomic E-state index is 11.8. The van der Waals surface area contributed by atoms with E-state index in [4.69, 9.17) is 20.0 Å². The zero-order chi connectivity index (χ0) is 18.4. The van der Waals surface area contributed by atoms with Crippen LogP contribution in [0.4, 0.5) is 0 Å². The largest absolute Gasteiger partial charge is 0.497 e. The van der Waals surface area contributed by atoms with Gasteiger partial charge in [0, 0.05) is 10.0 Å². The fourth-order valence-corrected chi connectivity index (χ4v) is 2.47. The highest BCUT2D eigenvalue weighted by Gasteiger charge is 2.09. The minimum Gasteiger partial charge on any atom is -0.497 e. The average molecular weight is 407 g/mol.